The van der Waals surface area contributed by atoms with Crippen LogP contribution in [0.5, 0.6) is 5.75 Å². The lowest BCUT2D eigenvalue weighted by molar-refractivity contribution is 0.401. The first-order chi connectivity index (χ1) is 9.26. The fourth-order valence-corrected chi connectivity index (χ4v) is 2.37. The van der Waals surface area contributed by atoms with E-state index in [1.54, 1.807) is 13.2 Å². The molecule has 1 unspecified atom stereocenters. The molecule has 0 aliphatic rings. The number of ether oxygens (including phenoxy) is 1. The van der Waals surface area contributed by atoms with Gasteiger partial charge in [-0.1, -0.05) is 11.4 Å². The number of halogens is 1. The van der Waals surface area contributed by atoms with Gasteiger partial charge in [0.25, 0.3) is 0 Å². The summed E-state index contributed by atoms with van der Waals surface area (Å²) in [4.78, 5) is 0. The molecule has 0 fully saturated rings. The molecule has 19 heavy (non-hydrogen) atoms. The van der Waals surface area contributed by atoms with Gasteiger partial charge in [-0.25, -0.2) is 4.39 Å². The lowest BCUT2D eigenvalue weighted by Crippen LogP contribution is -2.24. The van der Waals surface area contributed by atoms with Crippen LogP contribution in [0.1, 0.15) is 30.6 Å². The van der Waals surface area contributed by atoms with Crippen molar-refractivity contribution in [3.8, 4) is 5.75 Å². The van der Waals surface area contributed by atoms with Crippen LogP contribution in [0.15, 0.2) is 23.6 Å². The first kappa shape index (κ1) is 13.9. The van der Waals surface area contributed by atoms with Crippen molar-refractivity contribution in [3.63, 3.8) is 0 Å². The number of aromatic nitrogens is 2. The summed E-state index contributed by atoms with van der Waals surface area (Å²) in [5.41, 5.74) is 1.52. The van der Waals surface area contributed by atoms with Gasteiger partial charge in [0.2, 0.25) is 0 Å². The van der Waals surface area contributed by atoms with Crippen LogP contribution in [0, 0.1) is 5.82 Å². The van der Waals surface area contributed by atoms with Gasteiger partial charge in [-0.3, -0.25) is 0 Å². The predicted octanol–water partition coefficient (Wildman–Crippen LogP) is 2.77. The van der Waals surface area contributed by atoms with E-state index in [1.165, 1.54) is 23.7 Å². The Morgan fingerprint density at radius 2 is 2.32 bits per heavy atom. The molecule has 0 spiro atoms. The first-order valence-corrected chi connectivity index (χ1v) is 6.93. The van der Waals surface area contributed by atoms with E-state index < -0.39 is 0 Å². The Labute approximate surface area is 115 Å². The van der Waals surface area contributed by atoms with E-state index >= 15 is 0 Å². The summed E-state index contributed by atoms with van der Waals surface area (Å²) in [6, 6.07) is 4.29. The first-order valence-electron chi connectivity index (χ1n) is 6.10. The van der Waals surface area contributed by atoms with Crippen LogP contribution in [-0.4, -0.2) is 23.2 Å². The van der Waals surface area contributed by atoms with Gasteiger partial charge in [-0.15, -0.1) is 5.10 Å². The Morgan fingerprint density at radius 1 is 1.47 bits per heavy atom. The van der Waals surface area contributed by atoms with Crippen LogP contribution >= 0.6 is 11.5 Å². The van der Waals surface area contributed by atoms with Gasteiger partial charge >= 0.3 is 0 Å². The highest BCUT2D eigenvalue weighted by molar-refractivity contribution is 7.03. The third-order valence-corrected chi connectivity index (χ3v) is 3.30. The zero-order valence-electron chi connectivity index (χ0n) is 10.9. The minimum Gasteiger partial charge on any atom is -0.496 e. The monoisotopic (exact) mass is 281 g/mol. The fourth-order valence-electron chi connectivity index (χ4n) is 1.89. The third-order valence-electron chi connectivity index (χ3n) is 2.77. The minimum absolute atomic E-state index is 0.204. The maximum Gasteiger partial charge on any atom is 0.124 e. The van der Waals surface area contributed by atoms with Crippen molar-refractivity contribution in [2.24, 2.45) is 0 Å². The van der Waals surface area contributed by atoms with E-state index in [0.29, 0.717) is 5.75 Å². The van der Waals surface area contributed by atoms with Crippen molar-refractivity contribution in [1.82, 2.24) is 14.9 Å². The number of hydrogen-bond donors (Lipinski definition) is 1. The van der Waals surface area contributed by atoms with E-state index in [2.05, 4.69) is 21.8 Å². The molecule has 102 valence electrons. The number of benzene rings is 1. The van der Waals surface area contributed by atoms with Crippen LogP contribution in [-0.2, 0) is 0 Å². The van der Waals surface area contributed by atoms with E-state index in [0.717, 1.165) is 24.2 Å². The van der Waals surface area contributed by atoms with Gasteiger partial charge in [-0.2, -0.15) is 0 Å². The summed E-state index contributed by atoms with van der Waals surface area (Å²) in [5, 5.41) is 9.29. The molecule has 0 bridgehead atoms. The van der Waals surface area contributed by atoms with Crippen LogP contribution in [0.4, 0.5) is 4.39 Å². The molecule has 1 heterocycles. The number of methoxy groups -OCH3 is 1. The lowest BCUT2D eigenvalue weighted by atomic mass is 10.0. The molecular formula is C13H16FN3OS. The van der Waals surface area contributed by atoms with Crippen LogP contribution in [0.3, 0.4) is 0 Å². The second kappa shape index (κ2) is 6.58. The molecule has 0 saturated heterocycles. The molecule has 2 aromatic rings. The average Bonchev–Trinajstić information content (AvgIpc) is 2.93. The third kappa shape index (κ3) is 3.27. The Balaban J connectivity index is 2.39. The second-order valence-corrected chi connectivity index (χ2v) is 4.71. The Kier molecular flexibility index (Phi) is 4.81. The van der Waals surface area contributed by atoms with E-state index in [4.69, 9.17) is 4.74 Å². The summed E-state index contributed by atoms with van der Waals surface area (Å²) in [7, 11) is 1.58. The van der Waals surface area contributed by atoms with Gasteiger partial charge in [-0.05, 0) is 42.7 Å². The minimum atomic E-state index is -0.290. The lowest BCUT2D eigenvalue weighted by Gasteiger charge is -2.19. The van der Waals surface area contributed by atoms with Gasteiger partial charge in [0, 0.05) is 10.9 Å². The van der Waals surface area contributed by atoms with Crippen molar-refractivity contribution in [1.29, 1.82) is 0 Å². The smallest absolute Gasteiger partial charge is 0.124 e. The second-order valence-electron chi connectivity index (χ2n) is 4.10. The van der Waals surface area contributed by atoms with Gasteiger partial charge in [0.05, 0.1) is 18.8 Å². The van der Waals surface area contributed by atoms with E-state index in [1.807, 2.05) is 5.38 Å². The Morgan fingerprint density at radius 3 is 2.95 bits per heavy atom. The van der Waals surface area contributed by atoms with Gasteiger partial charge < -0.3 is 10.1 Å². The van der Waals surface area contributed by atoms with Gasteiger partial charge in [0.1, 0.15) is 11.6 Å². The van der Waals surface area contributed by atoms with Crippen molar-refractivity contribution >= 4 is 11.5 Å². The highest BCUT2D eigenvalue weighted by atomic mass is 32.1. The van der Waals surface area contributed by atoms with Crippen LogP contribution in [0.2, 0.25) is 0 Å². The molecular weight excluding hydrogens is 265 g/mol. The molecule has 2 rings (SSSR count). The summed E-state index contributed by atoms with van der Waals surface area (Å²) in [6.07, 6.45) is 0.978. The van der Waals surface area contributed by atoms with E-state index in [9.17, 15) is 4.39 Å². The highest BCUT2D eigenvalue weighted by Crippen LogP contribution is 2.30. The van der Waals surface area contributed by atoms with Gasteiger partial charge in [0.15, 0.2) is 0 Å². The molecule has 4 nitrogen and oxygen atoms in total. The topological polar surface area (TPSA) is 47.0 Å². The number of nitrogens with one attached hydrogen (secondary N) is 1. The molecule has 0 radical (unpaired) electrons. The molecule has 1 N–H and O–H groups in total. The summed E-state index contributed by atoms with van der Waals surface area (Å²) in [5.74, 6) is 0.352. The largest absolute Gasteiger partial charge is 0.496 e. The summed E-state index contributed by atoms with van der Waals surface area (Å²) >= 11 is 1.28. The molecule has 1 aromatic carbocycles. The zero-order valence-corrected chi connectivity index (χ0v) is 11.7. The standard InChI is InChI=1S/C13H16FN3OS/c1-3-6-15-13(11-8-19-17-16-11)10-7-9(14)4-5-12(10)18-2/h4-5,7-8,13,15H,3,6H2,1-2H3. The summed E-state index contributed by atoms with van der Waals surface area (Å²) < 4.78 is 22.7. The Bertz CT molecular complexity index is 519. The number of hydrogen-bond acceptors (Lipinski definition) is 5. The van der Waals surface area contributed by atoms with Crippen LogP contribution < -0.4 is 10.1 Å². The SMILES string of the molecule is CCCNC(c1csnn1)c1cc(F)ccc1OC. The van der Waals surface area contributed by atoms with Crippen LogP contribution in [0.25, 0.3) is 0 Å². The molecule has 0 amide bonds. The molecule has 6 heteroatoms. The highest BCUT2D eigenvalue weighted by Gasteiger charge is 2.20. The quantitative estimate of drug-likeness (QED) is 0.884. The van der Waals surface area contributed by atoms with Crippen molar-refractivity contribution in [3.05, 3.63) is 40.7 Å². The maximum absolute atomic E-state index is 13.5. The van der Waals surface area contributed by atoms with E-state index in [-0.39, 0.29) is 11.9 Å². The summed E-state index contributed by atoms with van der Waals surface area (Å²) in [6.45, 7) is 2.88. The Hall–Kier alpha value is -1.53. The van der Waals surface area contributed by atoms with Crippen molar-refractivity contribution in [2.45, 2.75) is 19.4 Å². The number of rotatable bonds is 6. The van der Waals surface area contributed by atoms with Crippen molar-refractivity contribution < 1.29 is 9.13 Å². The molecule has 0 saturated carbocycles. The average molecular weight is 281 g/mol. The molecule has 0 aliphatic heterocycles. The normalized spacial score (nSPS) is 12.4. The van der Waals surface area contributed by atoms with Crippen molar-refractivity contribution in [2.75, 3.05) is 13.7 Å². The zero-order chi connectivity index (χ0) is 13.7. The predicted molar refractivity (Wildman–Crippen MR) is 73.0 cm³/mol. The molecule has 0 aliphatic carbocycles. The molecule has 1 aromatic heterocycles. The molecule has 1 atom stereocenters. The number of nitrogens with zero attached hydrogens (tertiary/aromatic N) is 2. The maximum atomic E-state index is 13.5. The fraction of sp³-hybridized carbons (Fsp3) is 0.385.